The molecule has 3 aliphatic heterocycles. The molecule has 0 radical (unpaired) electrons. The summed E-state index contributed by atoms with van der Waals surface area (Å²) in [6, 6.07) is 0.440. The van der Waals surface area contributed by atoms with E-state index in [4.69, 9.17) is 15.3 Å². The van der Waals surface area contributed by atoms with Crippen molar-refractivity contribution in [2.24, 2.45) is 17.7 Å². The van der Waals surface area contributed by atoms with Crippen molar-refractivity contribution in [3.8, 4) is 0 Å². The zero-order valence-corrected chi connectivity index (χ0v) is 12.4. The summed E-state index contributed by atoms with van der Waals surface area (Å²) in [7, 11) is 0. The number of hydrazine groups is 1. The van der Waals surface area contributed by atoms with Gasteiger partial charge in [0, 0.05) is 31.6 Å². The van der Waals surface area contributed by atoms with Crippen molar-refractivity contribution in [1.29, 1.82) is 0 Å². The van der Waals surface area contributed by atoms with Crippen LogP contribution in [-0.4, -0.2) is 43.0 Å². The first-order valence-electron chi connectivity index (χ1n) is 7.59. The first-order valence-corrected chi connectivity index (χ1v) is 8.74. The lowest BCUT2D eigenvalue weighted by Crippen LogP contribution is -2.52. The van der Waals surface area contributed by atoms with Crippen LogP contribution >= 0.6 is 11.8 Å². The first kappa shape index (κ1) is 14.1. The van der Waals surface area contributed by atoms with Crippen LogP contribution in [0.3, 0.4) is 0 Å². The van der Waals surface area contributed by atoms with E-state index in [-0.39, 0.29) is 5.60 Å². The Hall–Kier alpha value is 0.190. The monoisotopic (exact) mass is 286 g/mol. The average molecular weight is 286 g/mol. The van der Waals surface area contributed by atoms with E-state index in [1.165, 1.54) is 24.3 Å². The predicted molar refractivity (Wildman–Crippen MR) is 78.0 cm³/mol. The fourth-order valence-corrected chi connectivity index (χ4v) is 5.35. The number of ether oxygens (including phenoxy) is 2. The van der Waals surface area contributed by atoms with Crippen molar-refractivity contribution in [2.75, 3.05) is 31.3 Å². The summed E-state index contributed by atoms with van der Waals surface area (Å²) >= 11 is 2.04. The summed E-state index contributed by atoms with van der Waals surface area (Å²) in [6.07, 6.45) is 5.85. The number of hydrogen-bond acceptors (Lipinski definition) is 5. The molecule has 4 nitrogen and oxygen atoms in total. The minimum Gasteiger partial charge on any atom is -0.381 e. The largest absolute Gasteiger partial charge is 0.381 e. The Morgan fingerprint density at radius 2 is 1.95 bits per heavy atom. The van der Waals surface area contributed by atoms with E-state index in [2.05, 4.69) is 5.43 Å². The van der Waals surface area contributed by atoms with Crippen molar-refractivity contribution >= 4 is 11.8 Å². The highest BCUT2D eigenvalue weighted by atomic mass is 32.2. The number of hydrogen-bond donors (Lipinski definition) is 2. The second-order valence-electron chi connectivity index (χ2n) is 6.23. The smallest absolute Gasteiger partial charge is 0.0783 e. The fourth-order valence-electron chi connectivity index (χ4n) is 3.97. The molecule has 0 aromatic rings. The Labute approximate surface area is 120 Å². The van der Waals surface area contributed by atoms with Crippen LogP contribution in [0.2, 0.25) is 0 Å². The molecule has 3 heterocycles. The normalized spacial score (nSPS) is 38.7. The van der Waals surface area contributed by atoms with E-state index < -0.39 is 0 Å². The molecule has 3 N–H and O–H groups in total. The SMILES string of the molecule is NNC(C1CCOCC1)C1CCOC2(CCSC2)C1. The highest BCUT2D eigenvalue weighted by molar-refractivity contribution is 7.99. The molecule has 0 aromatic carbocycles. The Morgan fingerprint density at radius 3 is 2.63 bits per heavy atom. The Morgan fingerprint density at radius 1 is 1.16 bits per heavy atom. The molecule has 0 amide bonds. The third-order valence-corrected chi connectivity index (χ3v) is 6.30. The van der Waals surface area contributed by atoms with Gasteiger partial charge in [0.1, 0.15) is 0 Å². The quantitative estimate of drug-likeness (QED) is 0.609. The van der Waals surface area contributed by atoms with Gasteiger partial charge in [-0.25, -0.2) is 0 Å². The zero-order chi connectivity index (χ0) is 13.1. The van der Waals surface area contributed by atoms with E-state index >= 15 is 0 Å². The van der Waals surface area contributed by atoms with Gasteiger partial charge in [0.15, 0.2) is 0 Å². The minimum absolute atomic E-state index is 0.161. The fraction of sp³-hybridized carbons (Fsp3) is 1.00. The van der Waals surface area contributed by atoms with Crippen LogP contribution in [0, 0.1) is 11.8 Å². The molecule has 0 bridgehead atoms. The number of nitrogens with one attached hydrogen (secondary N) is 1. The van der Waals surface area contributed by atoms with Crippen LogP contribution in [0.25, 0.3) is 0 Å². The van der Waals surface area contributed by atoms with Crippen molar-refractivity contribution in [2.45, 2.75) is 43.7 Å². The molecule has 110 valence electrons. The van der Waals surface area contributed by atoms with E-state index in [9.17, 15) is 0 Å². The second-order valence-corrected chi connectivity index (χ2v) is 7.33. The van der Waals surface area contributed by atoms with Gasteiger partial charge in [0.2, 0.25) is 0 Å². The molecule has 3 saturated heterocycles. The van der Waals surface area contributed by atoms with Crippen molar-refractivity contribution in [3.63, 3.8) is 0 Å². The molecule has 3 unspecified atom stereocenters. The summed E-state index contributed by atoms with van der Waals surface area (Å²) in [5, 5.41) is 0. The zero-order valence-electron chi connectivity index (χ0n) is 11.6. The topological polar surface area (TPSA) is 56.5 Å². The van der Waals surface area contributed by atoms with Gasteiger partial charge in [0.25, 0.3) is 0 Å². The van der Waals surface area contributed by atoms with E-state index in [1.54, 1.807) is 0 Å². The lowest BCUT2D eigenvalue weighted by atomic mass is 9.75. The van der Waals surface area contributed by atoms with Gasteiger partial charge in [-0.3, -0.25) is 11.3 Å². The van der Waals surface area contributed by atoms with Crippen LogP contribution < -0.4 is 11.3 Å². The van der Waals surface area contributed by atoms with Crippen molar-refractivity contribution in [3.05, 3.63) is 0 Å². The van der Waals surface area contributed by atoms with Gasteiger partial charge in [-0.15, -0.1) is 0 Å². The standard InChI is InChI=1S/C14H26N2O2S/c15-16-13(11-1-5-17-6-2-11)12-3-7-18-14(9-12)4-8-19-10-14/h11-13,16H,1-10,15H2. The maximum absolute atomic E-state index is 6.12. The summed E-state index contributed by atoms with van der Waals surface area (Å²) < 4.78 is 11.6. The molecular weight excluding hydrogens is 260 g/mol. The molecular formula is C14H26N2O2S. The molecule has 0 aliphatic carbocycles. The van der Waals surface area contributed by atoms with Crippen molar-refractivity contribution < 1.29 is 9.47 Å². The van der Waals surface area contributed by atoms with E-state index in [0.29, 0.717) is 17.9 Å². The van der Waals surface area contributed by atoms with Gasteiger partial charge in [-0.2, -0.15) is 11.8 Å². The van der Waals surface area contributed by atoms with Crippen molar-refractivity contribution in [1.82, 2.24) is 5.43 Å². The predicted octanol–water partition coefficient (Wildman–Crippen LogP) is 1.55. The highest BCUT2D eigenvalue weighted by Crippen LogP contribution is 2.42. The van der Waals surface area contributed by atoms with Gasteiger partial charge in [0.05, 0.1) is 5.60 Å². The lowest BCUT2D eigenvalue weighted by molar-refractivity contribution is -0.0915. The molecule has 0 aromatic heterocycles. The van der Waals surface area contributed by atoms with Crippen LogP contribution in [0.4, 0.5) is 0 Å². The Balaban J connectivity index is 1.64. The van der Waals surface area contributed by atoms with E-state index in [0.717, 1.165) is 39.1 Å². The van der Waals surface area contributed by atoms with Gasteiger partial charge in [-0.05, 0) is 49.7 Å². The summed E-state index contributed by atoms with van der Waals surface area (Å²) in [5.41, 5.74) is 3.29. The molecule has 3 atom stereocenters. The van der Waals surface area contributed by atoms with Gasteiger partial charge in [-0.1, -0.05) is 0 Å². The lowest BCUT2D eigenvalue weighted by Gasteiger charge is -2.43. The number of rotatable bonds is 3. The molecule has 0 saturated carbocycles. The summed E-state index contributed by atoms with van der Waals surface area (Å²) in [4.78, 5) is 0. The van der Waals surface area contributed by atoms with Crippen LogP contribution in [0.15, 0.2) is 0 Å². The van der Waals surface area contributed by atoms with Crippen LogP contribution in [0.5, 0.6) is 0 Å². The Kier molecular flexibility index (Phi) is 4.70. The maximum Gasteiger partial charge on any atom is 0.0783 e. The molecule has 3 aliphatic rings. The van der Waals surface area contributed by atoms with Gasteiger partial charge >= 0.3 is 0 Å². The number of nitrogens with two attached hydrogens (primary N) is 1. The first-order chi connectivity index (χ1) is 9.33. The molecule has 19 heavy (non-hydrogen) atoms. The second kappa shape index (κ2) is 6.31. The average Bonchev–Trinajstić information content (AvgIpc) is 2.89. The number of thioether (sulfide) groups is 1. The third-order valence-electron chi connectivity index (χ3n) is 5.07. The highest BCUT2D eigenvalue weighted by Gasteiger charge is 2.43. The van der Waals surface area contributed by atoms with E-state index in [1.807, 2.05) is 11.8 Å². The van der Waals surface area contributed by atoms with Gasteiger partial charge < -0.3 is 9.47 Å². The third kappa shape index (κ3) is 3.10. The maximum atomic E-state index is 6.12. The Bertz CT molecular complexity index is 291. The summed E-state index contributed by atoms with van der Waals surface area (Å²) in [6.45, 7) is 2.70. The molecule has 3 rings (SSSR count). The molecule has 3 fully saturated rings. The van der Waals surface area contributed by atoms with Crippen LogP contribution in [-0.2, 0) is 9.47 Å². The van der Waals surface area contributed by atoms with Crippen LogP contribution in [0.1, 0.15) is 32.1 Å². The molecule has 5 heteroatoms. The minimum atomic E-state index is 0.161. The summed E-state index contributed by atoms with van der Waals surface area (Å²) in [5.74, 6) is 9.66. The molecule has 1 spiro atoms.